The van der Waals surface area contributed by atoms with Gasteiger partial charge in [-0.15, -0.1) is 0 Å². The Bertz CT molecular complexity index is 664. The molecule has 1 aliphatic rings. The number of carbonyl (C=O) groups excluding carboxylic acids is 1. The number of hydrogen-bond acceptors (Lipinski definition) is 3. The molecule has 1 aliphatic carbocycles. The van der Waals surface area contributed by atoms with Crippen molar-refractivity contribution in [3.63, 3.8) is 0 Å². The molecule has 0 spiro atoms. The van der Waals surface area contributed by atoms with Crippen molar-refractivity contribution in [3.05, 3.63) is 54.2 Å². The molecule has 0 atom stereocenters. The third-order valence-electron chi connectivity index (χ3n) is 4.47. The zero-order chi connectivity index (χ0) is 16.9. The van der Waals surface area contributed by atoms with Gasteiger partial charge in [0, 0.05) is 28.7 Å². The molecule has 2 aromatic rings. The zero-order valence-corrected chi connectivity index (χ0v) is 15.1. The number of hydrogen-bond donors (Lipinski definition) is 0. The predicted molar refractivity (Wildman–Crippen MR) is 98.4 cm³/mol. The molecular formula is C20H24N2OS. The van der Waals surface area contributed by atoms with Crippen molar-refractivity contribution >= 4 is 17.7 Å². The van der Waals surface area contributed by atoms with Gasteiger partial charge in [0.15, 0.2) is 0 Å². The van der Waals surface area contributed by atoms with Crippen molar-refractivity contribution in [1.29, 1.82) is 0 Å². The van der Waals surface area contributed by atoms with Crippen LogP contribution in [0.5, 0.6) is 0 Å². The molecule has 1 saturated carbocycles. The van der Waals surface area contributed by atoms with Crippen molar-refractivity contribution in [2.45, 2.75) is 61.5 Å². The normalized spacial score (nSPS) is 15.0. The number of pyridine rings is 1. The maximum atomic E-state index is 12.9. The van der Waals surface area contributed by atoms with Crippen LogP contribution in [0.3, 0.4) is 0 Å². The summed E-state index contributed by atoms with van der Waals surface area (Å²) in [6.45, 7) is 4.23. The molecule has 0 unspecified atom stereocenters. The van der Waals surface area contributed by atoms with Crippen molar-refractivity contribution < 1.29 is 4.79 Å². The fourth-order valence-electron chi connectivity index (χ4n) is 3.35. The summed E-state index contributed by atoms with van der Waals surface area (Å²) in [7, 11) is 0. The molecule has 1 heterocycles. The van der Waals surface area contributed by atoms with Gasteiger partial charge in [-0.25, -0.2) is 4.98 Å². The van der Waals surface area contributed by atoms with E-state index >= 15 is 0 Å². The van der Waals surface area contributed by atoms with E-state index in [-0.39, 0.29) is 11.9 Å². The molecule has 24 heavy (non-hydrogen) atoms. The maximum absolute atomic E-state index is 12.9. The second kappa shape index (κ2) is 7.84. The fraction of sp³-hybridized carbons (Fsp3) is 0.400. The molecule has 3 rings (SSSR count). The van der Waals surface area contributed by atoms with Crippen LogP contribution in [0.25, 0.3) is 0 Å². The highest BCUT2D eigenvalue weighted by atomic mass is 32.2. The van der Waals surface area contributed by atoms with Gasteiger partial charge in [-0.3, -0.25) is 4.79 Å². The van der Waals surface area contributed by atoms with Gasteiger partial charge in [0.2, 0.25) is 0 Å². The van der Waals surface area contributed by atoms with Gasteiger partial charge < -0.3 is 4.90 Å². The molecule has 0 saturated heterocycles. The van der Waals surface area contributed by atoms with Crippen LogP contribution in [0, 0.1) is 0 Å². The molecule has 1 aromatic heterocycles. The van der Waals surface area contributed by atoms with Gasteiger partial charge in [0.25, 0.3) is 5.91 Å². The highest BCUT2D eigenvalue weighted by Crippen LogP contribution is 2.28. The summed E-state index contributed by atoms with van der Waals surface area (Å²) in [5, 5.41) is 0.964. The zero-order valence-electron chi connectivity index (χ0n) is 14.3. The Balaban J connectivity index is 1.72. The second-order valence-electron chi connectivity index (χ2n) is 6.54. The van der Waals surface area contributed by atoms with Crippen LogP contribution in [0.15, 0.2) is 58.6 Å². The number of amides is 1. The van der Waals surface area contributed by atoms with E-state index in [4.69, 9.17) is 0 Å². The highest BCUT2D eigenvalue weighted by molar-refractivity contribution is 7.99. The van der Waals surface area contributed by atoms with E-state index in [2.05, 4.69) is 23.7 Å². The smallest absolute Gasteiger partial charge is 0.254 e. The average molecular weight is 340 g/mol. The minimum atomic E-state index is 0.159. The van der Waals surface area contributed by atoms with E-state index in [1.54, 1.807) is 18.0 Å². The Hall–Kier alpha value is -1.81. The number of benzene rings is 1. The number of nitrogens with zero attached hydrogens (tertiary/aromatic N) is 2. The van der Waals surface area contributed by atoms with Crippen LogP contribution in [0.4, 0.5) is 0 Å². The van der Waals surface area contributed by atoms with Gasteiger partial charge in [0.1, 0.15) is 5.03 Å². The molecule has 4 heteroatoms. The van der Waals surface area contributed by atoms with E-state index in [9.17, 15) is 4.79 Å². The summed E-state index contributed by atoms with van der Waals surface area (Å²) in [6.07, 6.45) is 6.54. The Morgan fingerprint density at radius 2 is 1.83 bits per heavy atom. The minimum Gasteiger partial charge on any atom is -0.333 e. The lowest BCUT2D eigenvalue weighted by Gasteiger charge is -2.33. The lowest BCUT2D eigenvalue weighted by molar-refractivity contribution is 0.0613. The standard InChI is InChI=1S/C20H24N2OS/c1-15(2)22(17-7-3-4-8-17)20(23)16-10-12-18(13-11-16)24-19-9-5-6-14-21-19/h5-6,9-15,17H,3-4,7-8H2,1-2H3. The minimum absolute atomic E-state index is 0.159. The van der Waals surface area contributed by atoms with Gasteiger partial charge in [-0.1, -0.05) is 30.7 Å². The highest BCUT2D eigenvalue weighted by Gasteiger charge is 2.29. The SMILES string of the molecule is CC(C)N(C(=O)c1ccc(Sc2ccccn2)cc1)C1CCCC1. The summed E-state index contributed by atoms with van der Waals surface area (Å²) in [5.41, 5.74) is 0.779. The summed E-state index contributed by atoms with van der Waals surface area (Å²) in [5.74, 6) is 0.159. The Morgan fingerprint density at radius 3 is 2.42 bits per heavy atom. The van der Waals surface area contributed by atoms with Crippen molar-refractivity contribution in [2.75, 3.05) is 0 Å². The Labute approximate surface area is 148 Å². The van der Waals surface area contributed by atoms with Gasteiger partial charge in [-0.05, 0) is 63.1 Å². The summed E-state index contributed by atoms with van der Waals surface area (Å²) < 4.78 is 0. The first-order valence-electron chi connectivity index (χ1n) is 8.67. The van der Waals surface area contributed by atoms with Crippen molar-refractivity contribution in [1.82, 2.24) is 9.88 Å². The molecule has 126 valence electrons. The monoisotopic (exact) mass is 340 g/mol. The first-order valence-corrected chi connectivity index (χ1v) is 9.48. The predicted octanol–water partition coefficient (Wildman–Crippen LogP) is 5.03. The lowest BCUT2D eigenvalue weighted by Crippen LogP contribution is -2.43. The second-order valence-corrected chi connectivity index (χ2v) is 7.63. The quantitative estimate of drug-likeness (QED) is 0.766. The first-order chi connectivity index (χ1) is 11.6. The van der Waals surface area contributed by atoms with Crippen LogP contribution < -0.4 is 0 Å². The molecule has 0 N–H and O–H groups in total. The fourth-order valence-corrected chi connectivity index (χ4v) is 4.12. The third-order valence-corrected chi connectivity index (χ3v) is 5.43. The van der Waals surface area contributed by atoms with Crippen LogP contribution in [-0.2, 0) is 0 Å². The molecular weight excluding hydrogens is 316 g/mol. The Morgan fingerprint density at radius 1 is 1.12 bits per heavy atom. The molecule has 0 radical (unpaired) electrons. The third kappa shape index (κ3) is 3.99. The number of aromatic nitrogens is 1. The Kier molecular flexibility index (Phi) is 5.56. The van der Waals surface area contributed by atoms with E-state index in [0.29, 0.717) is 6.04 Å². The molecule has 1 aromatic carbocycles. The van der Waals surface area contributed by atoms with Crippen molar-refractivity contribution in [3.8, 4) is 0 Å². The van der Waals surface area contributed by atoms with Crippen LogP contribution in [0.2, 0.25) is 0 Å². The van der Waals surface area contributed by atoms with Crippen LogP contribution in [0.1, 0.15) is 49.9 Å². The van der Waals surface area contributed by atoms with Gasteiger partial charge in [-0.2, -0.15) is 0 Å². The first kappa shape index (κ1) is 17.0. The van der Waals surface area contributed by atoms with E-state index in [1.807, 2.05) is 42.5 Å². The topological polar surface area (TPSA) is 33.2 Å². The van der Waals surface area contributed by atoms with E-state index < -0.39 is 0 Å². The summed E-state index contributed by atoms with van der Waals surface area (Å²) >= 11 is 1.61. The van der Waals surface area contributed by atoms with E-state index in [1.165, 1.54) is 12.8 Å². The van der Waals surface area contributed by atoms with E-state index in [0.717, 1.165) is 28.3 Å². The lowest BCUT2D eigenvalue weighted by atomic mass is 10.1. The van der Waals surface area contributed by atoms with Gasteiger partial charge >= 0.3 is 0 Å². The average Bonchev–Trinajstić information content (AvgIpc) is 3.10. The molecule has 1 fully saturated rings. The molecule has 0 bridgehead atoms. The summed E-state index contributed by atoms with van der Waals surface area (Å²) in [4.78, 5) is 20.4. The molecule has 3 nitrogen and oxygen atoms in total. The maximum Gasteiger partial charge on any atom is 0.254 e. The molecule has 0 aliphatic heterocycles. The summed E-state index contributed by atoms with van der Waals surface area (Å²) in [6, 6.07) is 14.4. The number of carbonyl (C=O) groups is 1. The number of rotatable bonds is 5. The largest absolute Gasteiger partial charge is 0.333 e. The van der Waals surface area contributed by atoms with Crippen LogP contribution in [-0.4, -0.2) is 27.9 Å². The van der Waals surface area contributed by atoms with Gasteiger partial charge in [0.05, 0.1) is 0 Å². The van der Waals surface area contributed by atoms with Crippen LogP contribution >= 0.6 is 11.8 Å². The van der Waals surface area contributed by atoms with Crippen molar-refractivity contribution in [2.24, 2.45) is 0 Å². The molecule has 1 amide bonds.